The Labute approximate surface area is 111 Å². The molecule has 0 aliphatic carbocycles. The third-order valence-corrected chi connectivity index (χ3v) is 2.36. The van der Waals surface area contributed by atoms with Crippen LogP contribution >= 0.6 is 0 Å². The SMILES string of the molecule is COC(=O)C(O)CNC(=O)COc1ccc(C)cc1. The molecule has 6 nitrogen and oxygen atoms in total. The quantitative estimate of drug-likeness (QED) is 0.710. The molecule has 0 aliphatic heterocycles. The molecule has 1 aromatic carbocycles. The van der Waals surface area contributed by atoms with Crippen LogP contribution in [0.5, 0.6) is 5.75 Å². The summed E-state index contributed by atoms with van der Waals surface area (Å²) in [6, 6.07) is 7.25. The van der Waals surface area contributed by atoms with Crippen LogP contribution in [0.25, 0.3) is 0 Å². The number of hydrogen-bond acceptors (Lipinski definition) is 5. The predicted molar refractivity (Wildman–Crippen MR) is 67.7 cm³/mol. The molecule has 0 fully saturated rings. The van der Waals surface area contributed by atoms with E-state index in [9.17, 15) is 14.7 Å². The number of carbonyl (C=O) groups excluding carboxylic acids is 2. The normalized spacial score (nSPS) is 11.5. The first kappa shape index (κ1) is 15.0. The van der Waals surface area contributed by atoms with E-state index in [1.807, 2.05) is 19.1 Å². The van der Waals surface area contributed by atoms with Crippen molar-refractivity contribution in [1.82, 2.24) is 5.32 Å². The second-order valence-electron chi connectivity index (χ2n) is 3.94. The van der Waals surface area contributed by atoms with Crippen LogP contribution in [-0.4, -0.2) is 43.3 Å². The molecule has 1 aromatic rings. The average Bonchev–Trinajstić information content (AvgIpc) is 2.43. The van der Waals surface area contributed by atoms with Crippen molar-refractivity contribution >= 4 is 11.9 Å². The van der Waals surface area contributed by atoms with Gasteiger partial charge in [-0.1, -0.05) is 17.7 Å². The number of rotatable bonds is 6. The van der Waals surface area contributed by atoms with E-state index in [0.29, 0.717) is 5.75 Å². The van der Waals surface area contributed by atoms with Crippen LogP contribution in [0.1, 0.15) is 5.56 Å². The Morgan fingerprint density at radius 1 is 1.32 bits per heavy atom. The molecule has 19 heavy (non-hydrogen) atoms. The van der Waals surface area contributed by atoms with Gasteiger partial charge in [-0.15, -0.1) is 0 Å². The summed E-state index contributed by atoms with van der Waals surface area (Å²) in [7, 11) is 1.16. The Hall–Kier alpha value is -2.08. The molecule has 6 heteroatoms. The third-order valence-electron chi connectivity index (χ3n) is 2.36. The van der Waals surface area contributed by atoms with Gasteiger partial charge in [-0.3, -0.25) is 4.79 Å². The number of benzene rings is 1. The zero-order valence-electron chi connectivity index (χ0n) is 10.9. The van der Waals surface area contributed by atoms with E-state index in [1.54, 1.807) is 12.1 Å². The minimum atomic E-state index is -1.37. The molecule has 0 bridgehead atoms. The predicted octanol–water partition coefficient (Wildman–Crippen LogP) is 0.0239. The highest BCUT2D eigenvalue weighted by atomic mass is 16.5. The number of carbonyl (C=O) groups is 2. The van der Waals surface area contributed by atoms with E-state index < -0.39 is 18.0 Å². The highest BCUT2D eigenvalue weighted by molar-refractivity contribution is 5.79. The number of ether oxygens (including phenoxy) is 2. The Balaban J connectivity index is 2.28. The van der Waals surface area contributed by atoms with E-state index in [0.717, 1.165) is 12.7 Å². The lowest BCUT2D eigenvalue weighted by Crippen LogP contribution is -2.39. The van der Waals surface area contributed by atoms with Gasteiger partial charge in [0.2, 0.25) is 0 Å². The molecule has 0 heterocycles. The molecule has 1 rings (SSSR count). The highest BCUT2D eigenvalue weighted by Gasteiger charge is 2.16. The van der Waals surface area contributed by atoms with Crippen LogP contribution in [0.4, 0.5) is 0 Å². The maximum absolute atomic E-state index is 11.4. The van der Waals surface area contributed by atoms with Gasteiger partial charge in [0.1, 0.15) is 5.75 Å². The van der Waals surface area contributed by atoms with E-state index in [2.05, 4.69) is 10.1 Å². The van der Waals surface area contributed by atoms with E-state index >= 15 is 0 Å². The summed E-state index contributed by atoms with van der Waals surface area (Å²) in [4.78, 5) is 22.3. The van der Waals surface area contributed by atoms with Gasteiger partial charge in [0.25, 0.3) is 5.91 Å². The first-order chi connectivity index (χ1) is 9.02. The van der Waals surface area contributed by atoms with Crippen molar-refractivity contribution < 1.29 is 24.2 Å². The average molecular weight is 267 g/mol. The number of hydrogen-bond donors (Lipinski definition) is 2. The Kier molecular flexibility index (Phi) is 5.81. The molecule has 0 spiro atoms. The molecule has 0 saturated carbocycles. The van der Waals surface area contributed by atoms with Crippen molar-refractivity contribution in [1.29, 1.82) is 0 Å². The summed E-state index contributed by atoms with van der Waals surface area (Å²) in [6.07, 6.45) is -1.37. The number of aryl methyl sites for hydroxylation is 1. The monoisotopic (exact) mass is 267 g/mol. The lowest BCUT2D eigenvalue weighted by molar-refractivity contribution is -0.150. The van der Waals surface area contributed by atoms with E-state index in [1.165, 1.54) is 0 Å². The van der Waals surface area contributed by atoms with Gasteiger partial charge < -0.3 is 19.9 Å². The van der Waals surface area contributed by atoms with Crippen molar-refractivity contribution in [2.75, 3.05) is 20.3 Å². The number of aliphatic hydroxyl groups excluding tert-OH is 1. The Morgan fingerprint density at radius 3 is 2.53 bits per heavy atom. The summed E-state index contributed by atoms with van der Waals surface area (Å²) in [5.74, 6) is -0.641. The summed E-state index contributed by atoms with van der Waals surface area (Å²) >= 11 is 0. The number of methoxy groups -OCH3 is 1. The van der Waals surface area contributed by atoms with Crippen molar-refractivity contribution in [2.24, 2.45) is 0 Å². The summed E-state index contributed by atoms with van der Waals surface area (Å²) in [6.45, 7) is 1.56. The Morgan fingerprint density at radius 2 is 1.95 bits per heavy atom. The number of amides is 1. The zero-order chi connectivity index (χ0) is 14.3. The van der Waals surface area contributed by atoms with Gasteiger partial charge in [0.15, 0.2) is 12.7 Å². The fourth-order valence-electron chi connectivity index (χ4n) is 1.26. The number of nitrogens with one attached hydrogen (secondary N) is 1. The second-order valence-corrected chi connectivity index (χ2v) is 3.94. The number of aliphatic hydroxyl groups is 1. The largest absolute Gasteiger partial charge is 0.484 e. The standard InChI is InChI=1S/C13H17NO5/c1-9-3-5-10(6-4-9)19-8-12(16)14-7-11(15)13(17)18-2/h3-6,11,15H,7-8H2,1-2H3,(H,14,16). The molecule has 0 saturated heterocycles. The van der Waals surface area contributed by atoms with Crippen molar-refractivity contribution in [2.45, 2.75) is 13.0 Å². The maximum Gasteiger partial charge on any atom is 0.336 e. The van der Waals surface area contributed by atoms with Crippen LogP contribution in [0.3, 0.4) is 0 Å². The molecule has 104 valence electrons. The lowest BCUT2D eigenvalue weighted by Gasteiger charge is -2.10. The number of esters is 1. The molecule has 0 radical (unpaired) electrons. The minimum absolute atomic E-state index is 0.184. The van der Waals surface area contributed by atoms with Gasteiger partial charge in [0, 0.05) is 0 Å². The molecular weight excluding hydrogens is 250 g/mol. The van der Waals surface area contributed by atoms with Crippen LogP contribution in [0, 0.1) is 6.92 Å². The maximum atomic E-state index is 11.4. The first-order valence-corrected chi connectivity index (χ1v) is 5.75. The van der Waals surface area contributed by atoms with Gasteiger partial charge in [-0.05, 0) is 19.1 Å². The van der Waals surface area contributed by atoms with Crippen LogP contribution in [0.15, 0.2) is 24.3 Å². The van der Waals surface area contributed by atoms with Gasteiger partial charge in [0.05, 0.1) is 13.7 Å². The molecule has 0 aromatic heterocycles. The summed E-state index contributed by atoms with van der Waals surface area (Å²) < 4.78 is 9.55. The lowest BCUT2D eigenvalue weighted by atomic mass is 10.2. The molecule has 1 unspecified atom stereocenters. The van der Waals surface area contributed by atoms with Crippen molar-refractivity contribution in [3.63, 3.8) is 0 Å². The second kappa shape index (κ2) is 7.38. The van der Waals surface area contributed by atoms with Crippen LogP contribution in [-0.2, 0) is 14.3 Å². The molecule has 1 amide bonds. The van der Waals surface area contributed by atoms with Crippen LogP contribution in [0.2, 0.25) is 0 Å². The smallest absolute Gasteiger partial charge is 0.336 e. The van der Waals surface area contributed by atoms with E-state index in [4.69, 9.17) is 4.74 Å². The van der Waals surface area contributed by atoms with Crippen molar-refractivity contribution in [3.8, 4) is 5.75 Å². The van der Waals surface area contributed by atoms with E-state index in [-0.39, 0.29) is 13.2 Å². The topological polar surface area (TPSA) is 84.9 Å². The third kappa shape index (κ3) is 5.39. The fourth-order valence-corrected chi connectivity index (χ4v) is 1.26. The summed E-state index contributed by atoms with van der Waals surface area (Å²) in [5.41, 5.74) is 1.10. The summed E-state index contributed by atoms with van der Waals surface area (Å²) in [5, 5.41) is 11.6. The van der Waals surface area contributed by atoms with Crippen molar-refractivity contribution in [3.05, 3.63) is 29.8 Å². The molecule has 0 aliphatic rings. The van der Waals surface area contributed by atoms with Crippen LogP contribution < -0.4 is 10.1 Å². The molecule has 1 atom stereocenters. The Bertz CT molecular complexity index is 429. The zero-order valence-corrected chi connectivity index (χ0v) is 10.9. The van der Waals surface area contributed by atoms with Gasteiger partial charge >= 0.3 is 5.97 Å². The minimum Gasteiger partial charge on any atom is -0.484 e. The highest BCUT2D eigenvalue weighted by Crippen LogP contribution is 2.10. The van der Waals surface area contributed by atoms with Gasteiger partial charge in [-0.25, -0.2) is 4.79 Å². The van der Waals surface area contributed by atoms with Gasteiger partial charge in [-0.2, -0.15) is 0 Å². The molecular formula is C13H17NO5. The fraction of sp³-hybridized carbons (Fsp3) is 0.385. The molecule has 2 N–H and O–H groups in total. The first-order valence-electron chi connectivity index (χ1n) is 5.75.